The Hall–Kier alpha value is -1.01. The minimum Gasteiger partial charge on any atom is -0.339 e. The quantitative estimate of drug-likeness (QED) is 0.876. The molecule has 0 aliphatic carbocycles. The van der Waals surface area contributed by atoms with Crippen molar-refractivity contribution in [1.29, 1.82) is 0 Å². The van der Waals surface area contributed by atoms with Gasteiger partial charge in [0.1, 0.15) is 0 Å². The maximum atomic E-state index is 12.5. The van der Waals surface area contributed by atoms with Gasteiger partial charge in [-0.1, -0.05) is 23.2 Å². The van der Waals surface area contributed by atoms with E-state index in [1.165, 1.54) is 0 Å². The molecule has 23 heavy (non-hydrogen) atoms. The first kappa shape index (κ1) is 20.0. The Balaban J connectivity index is 0.00000264. The number of carbonyl (C=O) groups excluding carboxylic acids is 2. The maximum absolute atomic E-state index is 12.5. The van der Waals surface area contributed by atoms with E-state index in [1.54, 1.807) is 34.9 Å². The molecule has 1 aromatic rings. The van der Waals surface area contributed by atoms with Crippen molar-refractivity contribution >= 4 is 47.4 Å². The second-order valence-corrected chi connectivity index (χ2v) is 6.32. The number of hydrogen-bond donors (Lipinski definition) is 1. The number of hydrogen-bond acceptors (Lipinski definition) is 3. The van der Waals surface area contributed by atoms with Crippen LogP contribution in [0.4, 0.5) is 0 Å². The number of piperazine rings is 1. The predicted molar refractivity (Wildman–Crippen MR) is 94.5 cm³/mol. The van der Waals surface area contributed by atoms with E-state index < -0.39 is 0 Å². The number of carbonyl (C=O) groups is 2. The zero-order chi connectivity index (χ0) is 16.3. The van der Waals surface area contributed by atoms with Gasteiger partial charge in [0.25, 0.3) is 5.91 Å². The van der Waals surface area contributed by atoms with Crippen LogP contribution in [0.2, 0.25) is 10.0 Å². The van der Waals surface area contributed by atoms with Gasteiger partial charge in [0.15, 0.2) is 0 Å². The molecular formula is C15H20Cl3N3O2. The Labute approximate surface area is 152 Å². The lowest BCUT2D eigenvalue weighted by atomic mass is 10.1. The number of nitrogens with zero attached hydrogens (tertiary/aromatic N) is 2. The van der Waals surface area contributed by atoms with Crippen LogP contribution in [0.5, 0.6) is 0 Å². The Bertz CT molecular complexity index is 573. The van der Waals surface area contributed by atoms with Gasteiger partial charge in [0.05, 0.1) is 10.6 Å². The Morgan fingerprint density at radius 2 is 1.74 bits per heavy atom. The Morgan fingerprint density at radius 3 is 2.26 bits per heavy atom. The van der Waals surface area contributed by atoms with E-state index in [0.717, 1.165) is 0 Å². The lowest BCUT2D eigenvalue weighted by Gasteiger charge is -2.35. The van der Waals surface area contributed by atoms with Crippen molar-refractivity contribution in [3.8, 4) is 0 Å². The number of rotatable bonds is 3. The third kappa shape index (κ3) is 5.24. The highest BCUT2D eigenvalue weighted by molar-refractivity contribution is 6.36. The summed E-state index contributed by atoms with van der Waals surface area (Å²) in [7, 11) is 0. The summed E-state index contributed by atoms with van der Waals surface area (Å²) < 4.78 is 0. The van der Waals surface area contributed by atoms with E-state index in [1.807, 2.05) is 0 Å². The maximum Gasteiger partial charge on any atom is 0.255 e. The van der Waals surface area contributed by atoms with Crippen molar-refractivity contribution in [3.05, 3.63) is 33.8 Å². The van der Waals surface area contributed by atoms with E-state index in [0.29, 0.717) is 48.2 Å². The number of benzene rings is 1. The average molecular weight is 381 g/mol. The van der Waals surface area contributed by atoms with Crippen molar-refractivity contribution < 1.29 is 9.59 Å². The summed E-state index contributed by atoms with van der Waals surface area (Å²) in [5, 5.41) is 0.834. The Morgan fingerprint density at radius 1 is 1.17 bits per heavy atom. The molecule has 1 atom stereocenters. The van der Waals surface area contributed by atoms with Gasteiger partial charge >= 0.3 is 0 Å². The van der Waals surface area contributed by atoms with Gasteiger partial charge in [0.2, 0.25) is 5.91 Å². The number of amides is 2. The fourth-order valence-electron chi connectivity index (χ4n) is 2.40. The van der Waals surface area contributed by atoms with Gasteiger partial charge in [-0.2, -0.15) is 0 Å². The standard InChI is InChI=1S/C15H19Cl2N3O2.ClH/c1-10(18)8-14(21)19-4-6-20(7-5-19)15(22)12-3-2-11(16)9-13(12)17;/h2-3,9-10H,4-8,18H2,1H3;1H. The van der Waals surface area contributed by atoms with Crippen LogP contribution in [0.15, 0.2) is 18.2 Å². The van der Waals surface area contributed by atoms with Crippen LogP contribution in [0.3, 0.4) is 0 Å². The first-order valence-corrected chi connectivity index (χ1v) is 7.91. The lowest BCUT2D eigenvalue weighted by molar-refractivity contribution is -0.132. The van der Waals surface area contributed by atoms with Crippen molar-refractivity contribution in [2.24, 2.45) is 5.73 Å². The largest absolute Gasteiger partial charge is 0.339 e. The number of nitrogens with two attached hydrogens (primary N) is 1. The van der Waals surface area contributed by atoms with Gasteiger partial charge in [-0.15, -0.1) is 12.4 Å². The molecule has 2 N–H and O–H groups in total. The van der Waals surface area contributed by atoms with Crippen LogP contribution in [-0.4, -0.2) is 53.8 Å². The number of halogens is 3. The summed E-state index contributed by atoms with van der Waals surface area (Å²) >= 11 is 11.9. The first-order valence-electron chi connectivity index (χ1n) is 7.16. The van der Waals surface area contributed by atoms with Gasteiger partial charge in [-0.05, 0) is 25.1 Å². The molecule has 2 rings (SSSR count). The molecule has 5 nitrogen and oxygen atoms in total. The summed E-state index contributed by atoms with van der Waals surface area (Å²) in [4.78, 5) is 27.9. The molecule has 1 aliphatic rings. The third-order valence-electron chi connectivity index (χ3n) is 3.58. The lowest BCUT2D eigenvalue weighted by Crippen LogP contribution is -2.51. The summed E-state index contributed by atoms with van der Waals surface area (Å²) in [6, 6.07) is 4.67. The molecule has 1 heterocycles. The van der Waals surface area contributed by atoms with Crippen LogP contribution in [0.25, 0.3) is 0 Å². The molecule has 1 aliphatic heterocycles. The Kier molecular flexibility index (Phi) is 7.61. The molecule has 0 spiro atoms. The van der Waals surface area contributed by atoms with E-state index in [2.05, 4.69) is 0 Å². The van der Waals surface area contributed by atoms with Gasteiger partial charge in [-0.3, -0.25) is 9.59 Å². The minimum absolute atomic E-state index is 0. The molecule has 1 unspecified atom stereocenters. The molecule has 128 valence electrons. The highest BCUT2D eigenvalue weighted by atomic mass is 35.5. The molecule has 0 aromatic heterocycles. The van der Waals surface area contributed by atoms with Crippen LogP contribution < -0.4 is 5.73 Å². The molecule has 8 heteroatoms. The monoisotopic (exact) mass is 379 g/mol. The molecular weight excluding hydrogens is 361 g/mol. The molecule has 0 saturated carbocycles. The van der Waals surface area contributed by atoms with Gasteiger partial charge < -0.3 is 15.5 Å². The van der Waals surface area contributed by atoms with E-state index in [9.17, 15) is 9.59 Å². The van der Waals surface area contributed by atoms with Crippen LogP contribution in [0, 0.1) is 0 Å². The van der Waals surface area contributed by atoms with Crippen molar-refractivity contribution in [3.63, 3.8) is 0 Å². The fourth-order valence-corrected chi connectivity index (χ4v) is 2.89. The van der Waals surface area contributed by atoms with Gasteiger partial charge in [0, 0.05) is 43.7 Å². The van der Waals surface area contributed by atoms with Crippen molar-refractivity contribution in [1.82, 2.24) is 9.80 Å². The topological polar surface area (TPSA) is 66.6 Å². The average Bonchev–Trinajstić information content (AvgIpc) is 2.46. The van der Waals surface area contributed by atoms with E-state index >= 15 is 0 Å². The molecule has 2 amide bonds. The van der Waals surface area contributed by atoms with Gasteiger partial charge in [-0.25, -0.2) is 0 Å². The van der Waals surface area contributed by atoms with Crippen molar-refractivity contribution in [2.45, 2.75) is 19.4 Å². The summed E-state index contributed by atoms with van der Waals surface area (Å²) in [6.45, 7) is 3.82. The minimum atomic E-state index is -0.153. The first-order chi connectivity index (χ1) is 10.4. The summed E-state index contributed by atoms with van der Waals surface area (Å²) in [5.41, 5.74) is 6.07. The normalized spacial score (nSPS) is 15.8. The smallest absolute Gasteiger partial charge is 0.255 e. The second-order valence-electron chi connectivity index (χ2n) is 5.48. The highest BCUT2D eigenvalue weighted by Gasteiger charge is 2.26. The van der Waals surface area contributed by atoms with Crippen LogP contribution >= 0.6 is 35.6 Å². The fraction of sp³-hybridized carbons (Fsp3) is 0.467. The van der Waals surface area contributed by atoms with E-state index in [4.69, 9.17) is 28.9 Å². The van der Waals surface area contributed by atoms with Crippen molar-refractivity contribution in [2.75, 3.05) is 26.2 Å². The van der Waals surface area contributed by atoms with Crippen LogP contribution in [0.1, 0.15) is 23.7 Å². The molecule has 1 aromatic carbocycles. The molecule has 0 radical (unpaired) electrons. The molecule has 1 saturated heterocycles. The highest BCUT2D eigenvalue weighted by Crippen LogP contribution is 2.22. The third-order valence-corrected chi connectivity index (χ3v) is 4.13. The summed E-state index contributed by atoms with van der Waals surface area (Å²) in [5.74, 6) is -0.104. The zero-order valence-electron chi connectivity index (χ0n) is 12.8. The predicted octanol–water partition coefficient (Wildman–Crippen LogP) is 2.44. The summed E-state index contributed by atoms with van der Waals surface area (Å²) in [6.07, 6.45) is 0.330. The second kappa shape index (κ2) is 8.73. The van der Waals surface area contributed by atoms with E-state index in [-0.39, 0.29) is 30.3 Å². The molecule has 1 fully saturated rings. The SMILES string of the molecule is CC(N)CC(=O)N1CCN(C(=O)c2ccc(Cl)cc2Cl)CC1.Cl. The van der Waals surface area contributed by atoms with Crippen LogP contribution in [-0.2, 0) is 4.79 Å². The molecule has 0 bridgehead atoms. The zero-order valence-corrected chi connectivity index (χ0v) is 15.1.